The van der Waals surface area contributed by atoms with Crippen LogP contribution in [0.3, 0.4) is 0 Å². The molecule has 1 aliphatic carbocycles. The highest BCUT2D eigenvalue weighted by Gasteiger charge is 2.15. The lowest BCUT2D eigenvalue weighted by molar-refractivity contribution is -0.125. The molecule has 0 amide bonds. The fraction of sp³-hybridized carbons (Fsp3) is 0.429. The van der Waals surface area contributed by atoms with E-state index in [2.05, 4.69) is 0 Å². The van der Waals surface area contributed by atoms with Gasteiger partial charge in [-0.15, -0.1) is 0 Å². The largest absolute Gasteiger partial charge is 0.392 e. The van der Waals surface area contributed by atoms with E-state index in [1.165, 1.54) is 6.08 Å². The molecule has 0 radical (unpaired) electrons. The standard InChI is InChI=1S/C7H8O3/c8-4-5-1-6(9)3-7(10)2-5/h1,8H,2-4H2. The third-order valence-corrected chi connectivity index (χ3v) is 1.36. The van der Waals surface area contributed by atoms with Crippen molar-refractivity contribution >= 4 is 11.6 Å². The Morgan fingerprint density at radius 3 is 2.60 bits per heavy atom. The molecule has 3 nitrogen and oxygen atoms in total. The van der Waals surface area contributed by atoms with E-state index >= 15 is 0 Å². The molecule has 0 aromatic rings. The molecule has 0 aromatic heterocycles. The van der Waals surface area contributed by atoms with E-state index in [1.807, 2.05) is 0 Å². The molecule has 0 unspecified atom stereocenters. The number of Topliss-reactive ketones (excluding diaryl/α,β-unsaturated/α-hetero) is 1. The van der Waals surface area contributed by atoms with E-state index in [9.17, 15) is 9.59 Å². The van der Waals surface area contributed by atoms with E-state index in [-0.39, 0.29) is 31.0 Å². The van der Waals surface area contributed by atoms with Crippen LogP contribution in [0.2, 0.25) is 0 Å². The van der Waals surface area contributed by atoms with Crippen molar-refractivity contribution in [3.8, 4) is 0 Å². The van der Waals surface area contributed by atoms with Crippen LogP contribution in [-0.2, 0) is 9.59 Å². The number of carbonyl (C=O) groups excluding carboxylic acids is 2. The second-order valence-electron chi connectivity index (χ2n) is 2.32. The summed E-state index contributed by atoms with van der Waals surface area (Å²) in [5.41, 5.74) is 0.529. The Balaban J connectivity index is 2.74. The van der Waals surface area contributed by atoms with Crippen LogP contribution >= 0.6 is 0 Å². The molecule has 54 valence electrons. The molecule has 3 heteroatoms. The quantitative estimate of drug-likeness (QED) is 0.515. The van der Waals surface area contributed by atoms with E-state index < -0.39 is 0 Å². The van der Waals surface area contributed by atoms with Gasteiger partial charge in [-0.2, -0.15) is 0 Å². The monoisotopic (exact) mass is 140 g/mol. The van der Waals surface area contributed by atoms with Crippen LogP contribution in [0.4, 0.5) is 0 Å². The summed E-state index contributed by atoms with van der Waals surface area (Å²) in [4.78, 5) is 21.3. The number of carbonyl (C=O) groups is 2. The van der Waals surface area contributed by atoms with Gasteiger partial charge in [0.1, 0.15) is 5.78 Å². The highest BCUT2D eigenvalue weighted by atomic mass is 16.3. The van der Waals surface area contributed by atoms with Gasteiger partial charge in [-0.25, -0.2) is 0 Å². The summed E-state index contributed by atoms with van der Waals surface area (Å²) in [7, 11) is 0. The highest BCUT2D eigenvalue weighted by molar-refractivity contribution is 6.08. The SMILES string of the molecule is O=C1C=C(CO)CC(=O)C1. The van der Waals surface area contributed by atoms with Gasteiger partial charge in [0.05, 0.1) is 13.0 Å². The number of hydrogen-bond donors (Lipinski definition) is 1. The minimum atomic E-state index is -0.194. The molecule has 1 N–H and O–H groups in total. The molecule has 0 fully saturated rings. The van der Waals surface area contributed by atoms with Crippen molar-refractivity contribution in [1.29, 1.82) is 0 Å². The van der Waals surface area contributed by atoms with Crippen molar-refractivity contribution in [1.82, 2.24) is 0 Å². The average Bonchev–Trinajstić information content (AvgIpc) is 1.85. The Kier molecular flexibility index (Phi) is 1.97. The normalized spacial score (nSPS) is 19.1. The first kappa shape index (κ1) is 7.15. The highest BCUT2D eigenvalue weighted by Crippen LogP contribution is 2.10. The first-order valence-corrected chi connectivity index (χ1v) is 3.07. The van der Waals surface area contributed by atoms with Crippen LogP contribution in [0, 0.1) is 0 Å². The lowest BCUT2D eigenvalue weighted by Gasteiger charge is -2.06. The first-order valence-electron chi connectivity index (χ1n) is 3.07. The third kappa shape index (κ3) is 1.51. The maximum atomic E-state index is 10.7. The average molecular weight is 140 g/mol. The van der Waals surface area contributed by atoms with E-state index in [4.69, 9.17) is 5.11 Å². The van der Waals surface area contributed by atoms with Crippen LogP contribution in [0.25, 0.3) is 0 Å². The molecule has 0 saturated carbocycles. The molecule has 1 aliphatic rings. The summed E-state index contributed by atoms with van der Waals surface area (Å²) in [5, 5.41) is 8.55. The maximum Gasteiger partial charge on any atom is 0.163 e. The minimum Gasteiger partial charge on any atom is -0.392 e. The summed E-state index contributed by atoms with van der Waals surface area (Å²) in [6.45, 7) is -0.183. The minimum absolute atomic E-state index is 0.00347. The van der Waals surface area contributed by atoms with Crippen LogP contribution in [-0.4, -0.2) is 23.3 Å². The molecule has 0 spiro atoms. The Bertz CT molecular complexity index is 203. The van der Waals surface area contributed by atoms with Gasteiger partial charge in [-0.05, 0) is 11.6 Å². The Morgan fingerprint density at radius 2 is 2.10 bits per heavy atom. The van der Waals surface area contributed by atoms with E-state index in [0.717, 1.165) is 0 Å². The van der Waals surface area contributed by atoms with Gasteiger partial charge >= 0.3 is 0 Å². The van der Waals surface area contributed by atoms with E-state index in [0.29, 0.717) is 5.57 Å². The van der Waals surface area contributed by atoms with Gasteiger partial charge in [0.15, 0.2) is 5.78 Å². The molecule has 0 bridgehead atoms. The summed E-state index contributed by atoms with van der Waals surface area (Å²) in [5.74, 6) is -0.295. The predicted molar refractivity (Wildman–Crippen MR) is 34.4 cm³/mol. The maximum absolute atomic E-state index is 10.7. The van der Waals surface area contributed by atoms with Crippen LogP contribution in [0.5, 0.6) is 0 Å². The lowest BCUT2D eigenvalue weighted by Crippen LogP contribution is -2.14. The van der Waals surface area contributed by atoms with Gasteiger partial charge < -0.3 is 5.11 Å². The van der Waals surface area contributed by atoms with Crippen molar-refractivity contribution in [2.24, 2.45) is 0 Å². The van der Waals surface area contributed by atoms with Crippen LogP contribution in [0.1, 0.15) is 12.8 Å². The van der Waals surface area contributed by atoms with E-state index in [1.54, 1.807) is 0 Å². The Labute approximate surface area is 58.4 Å². The topological polar surface area (TPSA) is 54.4 Å². The molecular formula is C7H8O3. The number of aliphatic hydroxyl groups excluding tert-OH is 1. The molecular weight excluding hydrogens is 132 g/mol. The second kappa shape index (κ2) is 2.75. The van der Waals surface area contributed by atoms with Crippen molar-refractivity contribution in [2.75, 3.05) is 6.61 Å². The molecule has 0 atom stereocenters. The number of hydrogen-bond acceptors (Lipinski definition) is 3. The number of rotatable bonds is 1. The fourth-order valence-electron chi connectivity index (χ4n) is 0.941. The fourth-order valence-corrected chi connectivity index (χ4v) is 0.941. The summed E-state index contributed by atoms with van der Waals surface area (Å²) < 4.78 is 0. The van der Waals surface area contributed by atoms with Crippen LogP contribution in [0.15, 0.2) is 11.6 Å². The van der Waals surface area contributed by atoms with Crippen molar-refractivity contribution in [3.05, 3.63) is 11.6 Å². The van der Waals surface area contributed by atoms with Crippen molar-refractivity contribution in [2.45, 2.75) is 12.8 Å². The number of ketones is 2. The predicted octanol–water partition coefficient (Wildman–Crippen LogP) is -0.163. The Morgan fingerprint density at radius 1 is 1.40 bits per heavy atom. The number of allylic oxidation sites excluding steroid dienone is 1. The molecule has 1 rings (SSSR count). The molecule has 0 saturated heterocycles. The van der Waals surface area contributed by atoms with Crippen LogP contribution < -0.4 is 0 Å². The Hall–Kier alpha value is -0.960. The number of aliphatic hydroxyl groups is 1. The zero-order valence-corrected chi connectivity index (χ0v) is 5.46. The van der Waals surface area contributed by atoms with Crippen molar-refractivity contribution < 1.29 is 14.7 Å². The zero-order valence-electron chi connectivity index (χ0n) is 5.46. The summed E-state index contributed by atoms with van der Waals surface area (Å²) >= 11 is 0. The second-order valence-corrected chi connectivity index (χ2v) is 2.32. The third-order valence-electron chi connectivity index (χ3n) is 1.36. The van der Waals surface area contributed by atoms with Crippen molar-refractivity contribution in [3.63, 3.8) is 0 Å². The smallest absolute Gasteiger partial charge is 0.163 e. The molecule has 0 aliphatic heterocycles. The molecule has 0 aromatic carbocycles. The first-order chi connectivity index (χ1) is 4.72. The van der Waals surface area contributed by atoms with Gasteiger partial charge in [0, 0.05) is 6.42 Å². The zero-order chi connectivity index (χ0) is 7.56. The summed E-state index contributed by atoms with van der Waals surface area (Å²) in [6.07, 6.45) is 1.59. The summed E-state index contributed by atoms with van der Waals surface area (Å²) in [6, 6.07) is 0. The lowest BCUT2D eigenvalue weighted by atomic mass is 9.98. The van der Waals surface area contributed by atoms with Gasteiger partial charge in [-0.3, -0.25) is 9.59 Å². The molecule has 10 heavy (non-hydrogen) atoms. The van der Waals surface area contributed by atoms with Gasteiger partial charge in [-0.1, -0.05) is 0 Å². The molecule has 0 heterocycles. The van der Waals surface area contributed by atoms with Gasteiger partial charge in [0.25, 0.3) is 0 Å². The van der Waals surface area contributed by atoms with Gasteiger partial charge in [0.2, 0.25) is 0 Å².